The summed E-state index contributed by atoms with van der Waals surface area (Å²) in [5.41, 5.74) is 1.29. The zero-order chi connectivity index (χ0) is 28.0. The first-order valence-corrected chi connectivity index (χ1v) is 22.2. The molecule has 2 amide bonds. The van der Waals surface area contributed by atoms with Gasteiger partial charge in [0, 0.05) is 17.5 Å². The van der Waals surface area contributed by atoms with Gasteiger partial charge in [-0.15, -0.1) is 20.4 Å². The second kappa shape index (κ2) is 13.1. The molecule has 0 saturated heterocycles. The van der Waals surface area contributed by atoms with E-state index in [1.165, 1.54) is 15.1 Å². The maximum Gasteiger partial charge on any atom is 0.258 e. The number of amidine groups is 1. The third-order valence-electron chi connectivity index (χ3n) is 6.43. The number of nitrogens with zero attached hydrogens (tertiary/aromatic N) is 4. The summed E-state index contributed by atoms with van der Waals surface area (Å²) in [6, 6.07) is 27.2. The molecule has 2 heterocycles. The summed E-state index contributed by atoms with van der Waals surface area (Å²) in [5.74, 6) is -0.298. The lowest BCUT2D eigenvalue weighted by Gasteiger charge is -2.09. The number of carbonyl (C=O) groups excluding carboxylic acids is 2. The third-order valence-corrected chi connectivity index (χ3v) is 16.7. The van der Waals surface area contributed by atoms with Gasteiger partial charge in [0.2, 0.25) is 5.13 Å². The Labute approximate surface area is 256 Å². The van der Waals surface area contributed by atoms with E-state index in [2.05, 4.69) is 31.0 Å². The second-order valence-electron chi connectivity index (χ2n) is 9.18. The largest absolute Gasteiger partial charge is 0.300 e. The van der Waals surface area contributed by atoms with Crippen molar-refractivity contribution in [1.82, 2.24) is 15.5 Å². The van der Waals surface area contributed by atoms with Crippen LogP contribution < -0.4 is 10.6 Å². The highest BCUT2D eigenvalue weighted by atomic mass is 128. The highest BCUT2D eigenvalue weighted by molar-refractivity contribution is 14.8. The van der Waals surface area contributed by atoms with Crippen molar-refractivity contribution in [3.63, 3.8) is 0 Å². The summed E-state index contributed by atoms with van der Waals surface area (Å²) < 4.78 is 1.95. The van der Waals surface area contributed by atoms with Crippen LogP contribution in [0.1, 0.15) is 45.0 Å². The average molecular weight is 786 g/mol. The van der Waals surface area contributed by atoms with Crippen molar-refractivity contribution in [2.75, 3.05) is 5.32 Å². The van der Waals surface area contributed by atoms with Gasteiger partial charge in [-0.1, -0.05) is 84.1 Å². The molecule has 1 aliphatic heterocycles. The quantitative estimate of drug-likeness (QED) is 0.0952. The first kappa shape index (κ1) is 27.8. The van der Waals surface area contributed by atoms with Crippen LogP contribution in [0.3, 0.4) is 0 Å². The molecule has 2 N–H and O–H groups in total. The van der Waals surface area contributed by atoms with E-state index in [-0.39, 0.29) is 45.0 Å². The Bertz CT molecular complexity index is 1860. The Morgan fingerprint density at radius 2 is 1.27 bits per heavy atom. The number of nitrogens with one attached hydrogen (secondary N) is 2. The van der Waals surface area contributed by atoms with Crippen LogP contribution in [0.25, 0.3) is 21.5 Å². The number of hydrogen-bond acceptors (Lipinski definition) is 7. The van der Waals surface area contributed by atoms with Crippen LogP contribution in [0.15, 0.2) is 95.1 Å². The fraction of sp³-hybridized carbons (Fsp3) is 0.133. The molecule has 11 heteroatoms. The summed E-state index contributed by atoms with van der Waals surface area (Å²) >= 11 is 0.888. The number of halogens is 2. The molecule has 0 bridgehead atoms. The summed E-state index contributed by atoms with van der Waals surface area (Å²) in [7, 11) is 0. The topological polar surface area (TPSA) is 109 Å². The van der Waals surface area contributed by atoms with Gasteiger partial charge in [0.1, 0.15) is 8.73 Å². The molecule has 0 aliphatic carbocycles. The van der Waals surface area contributed by atoms with E-state index >= 15 is 0 Å². The van der Waals surface area contributed by atoms with Crippen molar-refractivity contribution in [2.45, 2.75) is 25.7 Å². The number of anilines is 1. The number of rotatable bonds is 8. The van der Waals surface area contributed by atoms with Crippen LogP contribution in [0.5, 0.6) is 0 Å². The summed E-state index contributed by atoms with van der Waals surface area (Å²) in [6.07, 6.45) is 3.68. The number of hydrogen-bond donors (Lipinski definition) is 2. The fourth-order valence-corrected chi connectivity index (χ4v) is 13.0. The zero-order valence-electron chi connectivity index (χ0n) is 21.7. The maximum absolute atomic E-state index is 12.9. The Hall–Kier alpha value is -3.30. The summed E-state index contributed by atoms with van der Waals surface area (Å²) in [5, 5.41) is 28.5. The van der Waals surface area contributed by atoms with Crippen molar-refractivity contribution >= 4 is 90.6 Å². The molecule has 0 saturated carbocycles. The van der Waals surface area contributed by atoms with E-state index in [9.17, 15) is 9.59 Å². The molecule has 0 unspecified atom stereocenters. The maximum atomic E-state index is 12.9. The van der Waals surface area contributed by atoms with E-state index in [1.54, 1.807) is 0 Å². The third kappa shape index (κ3) is 6.79. The van der Waals surface area contributed by atoms with E-state index in [1.807, 2.05) is 84.9 Å². The van der Waals surface area contributed by atoms with Crippen molar-refractivity contribution in [3.8, 4) is 0 Å². The molecule has 1 aliphatic rings. The van der Waals surface area contributed by atoms with Gasteiger partial charge in [0.05, 0.1) is 0 Å². The Balaban J connectivity index is 0.974. The molecular weight excluding hydrogens is 762 g/mol. The molecule has 0 fully saturated rings. The summed E-state index contributed by atoms with van der Waals surface area (Å²) in [6.45, 7) is 0. The predicted molar refractivity (Wildman–Crippen MR) is 184 cm³/mol. The molecule has 0 atom stereocenters. The van der Waals surface area contributed by atoms with Gasteiger partial charge in [0.15, 0.2) is 3.84 Å². The van der Waals surface area contributed by atoms with Crippen molar-refractivity contribution < 1.29 is 9.59 Å². The van der Waals surface area contributed by atoms with Crippen LogP contribution in [0, 0.1) is 0 Å². The zero-order valence-corrected chi connectivity index (χ0v) is 26.8. The van der Waals surface area contributed by atoms with Gasteiger partial charge in [-0.25, -0.2) is 0 Å². The number of aromatic nitrogens is 2. The normalized spacial score (nSPS) is 13.1. The Morgan fingerprint density at radius 1 is 0.659 bits per heavy atom. The SMILES string of the molecule is O=C(NC1=NN=C(CCCCc2nnc(NC(=O)c3cccc4ccccc34)s2)I=I1)c1cccc2ccccc12. The molecule has 1 aromatic heterocycles. The predicted octanol–water partition coefficient (Wildman–Crippen LogP) is 7.78. The monoisotopic (exact) mass is 786 g/mol. The smallest absolute Gasteiger partial charge is 0.258 e. The van der Waals surface area contributed by atoms with Gasteiger partial charge < -0.3 is 0 Å². The highest BCUT2D eigenvalue weighted by Gasteiger charge is 2.15. The second-order valence-corrected chi connectivity index (χ2v) is 18.8. The van der Waals surface area contributed by atoms with Gasteiger partial charge >= 0.3 is 0 Å². The first-order chi connectivity index (χ1) is 20.1. The molecular formula is C30H24I2N6O2S. The van der Waals surface area contributed by atoms with E-state index in [0.29, 0.717) is 16.3 Å². The molecule has 0 radical (unpaired) electrons. The minimum atomic E-state index is -0.328. The van der Waals surface area contributed by atoms with Crippen LogP contribution in [0.2, 0.25) is 0 Å². The highest BCUT2D eigenvalue weighted by Crippen LogP contribution is 2.28. The van der Waals surface area contributed by atoms with Crippen LogP contribution in [0.4, 0.5) is 5.13 Å². The number of carbonyl (C=O) groups is 2. The standard InChI is InChI=1S/C30H24I2N6O2S/c39-27(23-15-7-11-19-9-1-3-13-21(19)23)33-29-32-31-25(35-37-29)17-5-6-18-26-36-38-30(41-26)34-28(40)24-16-8-12-20-10-2-4-14-22(20)24/h1-4,7-16H,5-6,17-18H2,(H,33,37,39)(H,34,38,40). The molecule has 5 aromatic rings. The minimum absolute atomic E-state index is 0.118. The lowest BCUT2D eigenvalue weighted by Crippen LogP contribution is -2.27. The van der Waals surface area contributed by atoms with Gasteiger partial charge in [-0.2, -0.15) is 0 Å². The number of aryl methyl sites for hydroxylation is 1. The number of unbranched alkanes of at least 4 members (excludes halogenated alkanes) is 1. The van der Waals surface area contributed by atoms with Crippen LogP contribution in [-0.2, 0) is 6.42 Å². The molecule has 8 nitrogen and oxygen atoms in total. The molecule has 4 aromatic carbocycles. The van der Waals surface area contributed by atoms with Crippen molar-refractivity contribution in [3.05, 3.63) is 101 Å². The molecule has 6 rings (SSSR count). The van der Waals surface area contributed by atoms with Crippen molar-refractivity contribution in [1.29, 1.82) is 0 Å². The number of benzene rings is 4. The number of fused-ring (bicyclic) bond motifs is 2. The van der Waals surface area contributed by atoms with Crippen LogP contribution >= 0.6 is 44.5 Å². The van der Waals surface area contributed by atoms with Gasteiger partial charge in [0.25, 0.3) is 11.8 Å². The van der Waals surface area contributed by atoms with E-state index in [0.717, 1.165) is 56.1 Å². The lowest BCUT2D eigenvalue weighted by molar-refractivity contribution is 0.0978. The molecule has 206 valence electrons. The van der Waals surface area contributed by atoms with Crippen LogP contribution in [-0.4, -0.2) is 29.6 Å². The van der Waals surface area contributed by atoms with Gasteiger partial charge in [-0.3, -0.25) is 20.2 Å². The van der Waals surface area contributed by atoms with Gasteiger partial charge in [-0.05, 0) is 86.1 Å². The molecule has 41 heavy (non-hydrogen) atoms. The minimum Gasteiger partial charge on any atom is -0.300 e. The average Bonchev–Trinajstić information content (AvgIpc) is 3.46. The lowest BCUT2D eigenvalue weighted by atomic mass is 10.0. The first-order valence-electron chi connectivity index (χ1n) is 13.0. The summed E-state index contributed by atoms with van der Waals surface area (Å²) in [4.78, 5) is 25.8. The Morgan fingerprint density at radius 3 is 1.93 bits per heavy atom. The van der Waals surface area contributed by atoms with Crippen molar-refractivity contribution in [2.24, 2.45) is 10.2 Å². The fourth-order valence-electron chi connectivity index (χ4n) is 4.45. The molecule has 0 spiro atoms. The Kier molecular flexibility index (Phi) is 8.91. The number of amides is 2. The van der Waals surface area contributed by atoms with E-state index < -0.39 is 0 Å². The van der Waals surface area contributed by atoms with E-state index in [4.69, 9.17) is 0 Å².